The first-order valence-corrected chi connectivity index (χ1v) is 6.41. The first kappa shape index (κ1) is 11.8. The molecule has 1 amide bonds. The maximum absolute atomic E-state index is 12.2. The lowest BCUT2D eigenvalue weighted by molar-refractivity contribution is 0.0754. The first-order valence-electron chi connectivity index (χ1n) is 5.53. The third-order valence-corrected chi connectivity index (χ3v) is 3.37. The number of amides is 1. The highest BCUT2D eigenvalue weighted by Gasteiger charge is 2.14. The number of carbonyl (C=O) groups excluding carboxylic acids is 1. The van der Waals surface area contributed by atoms with Crippen molar-refractivity contribution in [3.05, 3.63) is 52.5 Å². The Labute approximate surface area is 105 Å². The third-order valence-electron chi connectivity index (χ3n) is 2.50. The van der Waals surface area contributed by atoms with E-state index in [1.54, 1.807) is 35.9 Å². The fourth-order valence-corrected chi connectivity index (χ4v) is 2.31. The number of rotatable bonds is 4. The molecule has 4 heteroatoms. The van der Waals surface area contributed by atoms with Crippen molar-refractivity contribution in [1.82, 2.24) is 9.88 Å². The zero-order valence-electron chi connectivity index (χ0n) is 9.67. The average molecular weight is 246 g/mol. The maximum atomic E-state index is 12.2. The van der Waals surface area contributed by atoms with Gasteiger partial charge in [-0.05, 0) is 30.5 Å². The van der Waals surface area contributed by atoms with E-state index < -0.39 is 0 Å². The molecule has 2 heterocycles. The largest absolute Gasteiger partial charge is 0.334 e. The van der Waals surface area contributed by atoms with Crippen molar-refractivity contribution < 1.29 is 4.79 Å². The van der Waals surface area contributed by atoms with E-state index in [2.05, 4.69) is 4.98 Å². The van der Waals surface area contributed by atoms with Crippen LogP contribution in [0.4, 0.5) is 0 Å². The molecule has 0 N–H and O–H groups in total. The van der Waals surface area contributed by atoms with Gasteiger partial charge in [0, 0.05) is 23.8 Å². The van der Waals surface area contributed by atoms with Crippen LogP contribution in [0.3, 0.4) is 0 Å². The highest BCUT2D eigenvalue weighted by molar-refractivity contribution is 7.09. The van der Waals surface area contributed by atoms with Crippen molar-refractivity contribution in [3.8, 4) is 0 Å². The van der Waals surface area contributed by atoms with Gasteiger partial charge in [0.2, 0.25) is 0 Å². The Kier molecular flexibility index (Phi) is 3.88. The fourth-order valence-electron chi connectivity index (χ4n) is 1.59. The molecule has 0 aliphatic heterocycles. The molecule has 0 unspecified atom stereocenters. The number of hydrogen-bond donors (Lipinski definition) is 0. The molecule has 0 bridgehead atoms. The van der Waals surface area contributed by atoms with Crippen LogP contribution in [0.25, 0.3) is 0 Å². The lowest BCUT2D eigenvalue weighted by Gasteiger charge is -2.19. The molecule has 0 radical (unpaired) electrons. The van der Waals surface area contributed by atoms with E-state index in [4.69, 9.17) is 0 Å². The molecule has 0 aromatic carbocycles. The molecule has 2 rings (SSSR count). The number of aromatic nitrogens is 1. The molecule has 2 aromatic rings. The summed E-state index contributed by atoms with van der Waals surface area (Å²) in [4.78, 5) is 19.2. The van der Waals surface area contributed by atoms with E-state index in [1.807, 2.05) is 29.3 Å². The number of nitrogens with zero attached hydrogens (tertiary/aromatic N) is 2. The lowest BCUT2D eigenvalue weighted by Crippen LogP contribution is -2.30. The number of carbonyl (C=O) groups is 1. The van der Waals surface area contributed by atoms with Crippen LogP contribution in [0.5, 0.6) is 0 Å². The minimum atomic E-state index is 0.0361. The Bertz CT molecular complexity index is 467. The molecular weight excluding hydrogens is 232 g/mol. The van der Waals surface area contributed by atoms with Crippen LogP contribution in [0, 0.1) is 0 Å². The minimum absolute atomic E-state index is 0.0361. The van der Waals surface area contributed by atoms with Gasteiger partial charge in [-0.3, -0.25) is 9.78 Å². The summed E-state index contributed by atoms with van der Waals surface area (Å²) in [5.41, 5.74) is 0.644. The van der Waals surface area contributed by atoms with Crippen molar-refractivity contribution in [2.75, 3.05) is 6.54 Å². The highest BCUT2D eigenvalue weighted by atomic mass is 32.1. The van der Waals surface area contributed by atoms with Gasteiger partial charge in [-0.1, -0.05) is 6.07 Å². The van der Waals surface area contributed by atoms with Crippen molar-refractivity contribution in [2.45, 2.75) is 13.5 Å². The quantitative estimate of drug-likeness (QED) is 0.831. The average Bonchev–Trinajstić information content (AvgIpc) is 2.89. The van der Waals surface area contributed by atoms with Crippen molar-refractivity contribution in [3.63, 3.8) is 0 Å². The summed E-state index contributed by atoms with van der Waals surface area (Å²) in [5, 5.41) is 2.03. The summed E-state index contributed by atoms with van der Waals surface area (Å²) < 4.78 is 0. The van der Waals surface area contributed by atoms with Crippen LogP contribution in [0.1, 0.15) is 22.2 Å². The molecule has 88 valence electrons. The topological polar surface area (TPSA) is 33.2 Å². The Balaban J connectivity index is 2.11. The molecule has 0 aliphatic rings. The molecule has 0 saturated heterocycles. The van der Waals surface area contributed by atoms with Crippen LogP contribution in [-0.2, 0) is 6.54 Å². The van der Waals surface area contributed by atoms with Crippen molar-refractivity contribution >= 4 is 17.2 Å². The van der Waals surface area contributed by atoms with Crippen LogP contribution < -0.4 is 0 Å². The molecule has 0 saturated carbocycles. The monoisotopic (exact) mass is 246 g/mol. The zero-order valence-corrected chi connectivity index (χ0v) is 10.5. The molecule has 0 atom stereocenters. The van der Waals surface area contributed by atoms with Crippen LogP contribution in [0.15, 0.2) is 42.0 Å². The predicted octanol–water partition coefficient (Wildman–Crippen LogP) is 2.81. The molecule has 17 heavy (non-hydrogen) atoms. The van der Waals surface area contributed by atoms with Gasteiger partial charge >= 0.3 is 0 Å². The second-order valence-corrected chi connectivity index (χ2v) is 4.67. The molecular formula is C13H14N2OS. The summed E-state index contributed by atoms with van der Waals surface area (Å²) in [6, 6.07) is 7.63. The van der Waals surface area contributed by atoms with Crippen LogP contribution >= 0.6 is 11.3 Å². The van der Waals surface area contributed by atoms with Gasteiger partial charge in [0.05, 0.1) is 12.1 Å². The summed E-state index contributed by atoms with van der Waals surface area (Å²) in [5.74, 6) is 0.0361. The first-order chi connectivity index (χ1) is 8.31. The zero-order chi connectivity index (χ0) is 12.1. The van der Waals surface area contributed by atoms with Gasteiger partial charge < -0.3 is 4.90 Å². The Morgan fingerprint density at radius 2 is 2.29 bits per heavy atom. The van der Waals surface area contributed by atoms with Crippen molar-refractivity contribution in [1.29, 1.82) is 0 Å². The maximum Gasteiger partial charge on any atom is 0.255 e. The van der Waals surface area contributed by atoms with Gasteiger partial charge in [-0.2, -0.15) is 0 Å². The summed E-state index contributed by atoms with van der Waals surface area (Å²) in [6.45, 7) is 3.36. The van der Waals surface area contributed by atoms with E-state index >= 15 is 0 Å². The molecule has 0 spiro atoms. The van der Waals surface area contributed by atoms with E-state index in [9.17, 15) is 4.79 Å². The summed E-state index contributed by atoms with van der Waals surface area (Å²) >= 11 is 1.67. The Morgan fingerprint density at radius 1 is 1.41 bits per heavy atom. The fraction of sp³-hybridized carbons (Fsp3) is 0.231. The molecule has 3 nitrogen and oxygen atoms in total. The van der Waals surface area contributed by atoms with Crippen molar-refractivity contribution in [2.24, 2.45) is 0 Å². The normalized spacial score (nSPS) is 10.2. The standard InChI is InChI=1S/C13H14N2OS/c1-2-15(10-12-6-4-8-17-12)13(16)11-5-3-7-14-9-11/h3-9H,2,10H2,1H3. The summed E-state index contributed by atoms with van der Waals surface area (Å²) in [7, 11) is 0. The Morgan fingerprint density at radius 3 is 2.88 bits per heavy atom. The predicted molar refractivity (Wildman–Crippen MR) is 69.0 cm³/mol. The van der Waals surface area contributed by atoms with Gasteiger partial charge in [-0.15, -0.1) is 11.3 Å². The lowest BCUT2D eigenvalue weighted by atomic mass is 10.2. The third kappa shape index (κ3) is 2.91. The minimum Gasteiger partial charge on any atom is -0.334 e. The van der Waals surface area contributed by atoms with Gasteiger partial charge in [0.25, 0.3) is 5.91 Å². The number of hydrogen-bond acceptors (Lipinski definition) is 3. The van der Waals surface area contributed by atoms with E-state index in [0.29, 0.717) is 18.7 Å². The van der Waals surface area contributed by atoms with Gasteiger partial charge in [0.1, 0.15) is 0 Å². The molecule has 0 aliphatic carbocycles. The van der Waals surface area contributed by atoms with Gasteiger partial charge in [0.15, 0.2) is 0 Å². The Hall–Kier alpha value is -1.68. The molecule has 0 fully saturated rings. The smallest absolute Gasteiger partial charge is 0.255 e. The number of pyridine rings is 1. The second kappa shape index (κ2) is 5.59. The van der Waals surface area contributed by atoms with E-state index in [0.717, 1.165) is 0 Å². The van der Waals surface area contributed by atoms with Crippen LogP contribution in [-0.4, -0.2) is 22.3 Å². The molecule has 2 aromatic heterocycles. The second-order valence-electron chi connectivity index (χ2n) is 3.64. The summed E-state index contributed by atoms with van der Waals surface area (Å²) in [6.07, 6.45) is 3.28. The SMILES string of the molecule is CCN(Cc1cccs1)C(=O)c1cccnc1. The van der Waals surface area contributed by atoms with Gasteiger partial charge in [-0.25, -0.2) is 0 Å². The van der Waals surface area contributed by atoms with E-state index in [-0.39, 0.29) is 5.91 Å². The highest BCUT2D eigenvalue weighted by Crippen LogP contribution is 2.13. The number of thiophene rings is 1. The van der Waals surface area contributed by atoms with Crippen LogP contribution in [0.2, 0.25) is 0 Å². The van der Waals surface area contributed by atoms with E-state index in [1.165, 1.54) is 4.88 Å².